The molecule has 0 heterocycles. The van der Waals surface area contributed by atoms with Crippen molar-refractivity contribution in [3.05, 3.63) is 0 Å². The average Bonchev–Trinajstić information content (AvgIpc) is 2.64. The van der Waals surface area contributed by atoms with Gasteiger partial charge in [-0.2, -0.15) is 0 Å². The Kier molecular flexibility index (Phi) is 21.5. The van der Waals surface area contributed by atoms with E-state index in [0.717, 1.165) is 0 Å². The molecule has 1 radical (unpaired) electrons. The zero-order valence-electron chi connectivity index (χ0n) is 29.8. The zero-order chi connectivity index (χ0) is 32.6. The van der Waals surface area contributed by atoms with Crippen LogP contribution in [0.25, 0.3) is 0 Å². The summed E-state index contributed by atoms with van der Waals surface area (Å²) >= 11 is 0. The first kappa shape index (κ1) is 47.8. The Labute approximate surface area is 275 Å². The van der Waals surface area contributed by atoms with Crippen molar-refractivity contribution in [1.29, 1.82) is 0 Å². The van der Waals surface area contributed by atoms with E-state index in [0.29, 0.717) is 19.3 Å². The van der Waals surface area contributed by atoms with E-state index in [-0.39, 0.29) is 65.2 Å². The predicted molar refractivity (Wildman–Crippen MR) is 167 cm³/mol. The fourth-order valence-corrected chi connectivity index (χ4v) is 2.76. The van der Waals surface area contributed by atoms with E-state index >= 15 is 0 Å². The maximum Gasteiger partial charge on any atom is 0.0613 e. The molecular weight excluding hydrogens is 581 g/mol. The molecule has 0 saturated heterocycles. The molecule has 0 rings (SSSR count). The van der Waals surface area contributed by atoms with Gasteiger partial charge in [0.2, 0.25) is 0 Å². The Bertz CT molecular complexity index is 494. The summed E-state index contributed by atoms with van der Waals surface area (Å²) in [5.41, 5.74) is -0.880. The maximum absolute atomic E-state index is 9.76. The van der Waals surface area contributed by atoms with E-state index in [1.54, 1.807) is 0 Å². The maximum atomic E-state index is 9.76. The Morgan fingerprint density at radius 1 is 0.275 bits per heavy atom. The van der Waals surface area contributed by atoms with Gasteiger partial charge >= 0.3 is 0 Å². The van der Waals surface area contributed by atoms with Crippen molar-refractivity contribution in [3.8, 4) is 0 Å². The van der Waals surface area contributed by atoms with Gasteiger partial charge in [0.05, 0.1) is 36.6 Å². The topological polar surface area (TPSA) is 121 Å². The molecule has 243 valence electrons. The number of aliphatic hydroxyl groups excluding tert-OH is 6. The van der Waals surface area contributed by atoms with Crippen molar-refractivity contribution in [1.82, 2.24) is 0 Å². The molecule has 0 spiro atoms. The first-order chi connectivity index (χ1) is 16.6. The third-order valence-corrected chi connectivity index (χ3v) is 7.34. The minimum absolute atomic E-state index is 0. The van der Waals surface area contributed by atoms with Crippen LogP contribution in [0.15, 0.2) is 0 Å². The van der Waals surface area contributed by atoms with Crippen molar-refractivity contribution >= 4 is 0 Å². The zero-order valence-corrected chi connectivity index (χ0v) is 32.7. The van der Waals surface area contributed by atoms with Gasteiger partial charge in [-0.05, 0) is 32.5 Å². The Hall–Kier alpha value is 0.864. The normalized spacial score (nSPS) is 18.0. The van der Waals surface area contributed by atoms with Crippen LogP contribution in [-0.2, 0) is 32.7 Å². The molecule has 0 aromatic carbocycles. The van der Waals surface area contributed by atoms with E-state index in [9.17, 15) is 30.6 Å². The van der Waals surface area contributed by atoms with Crippen molar-refractivity contribution in [2.75, 3.05) is 0 Å². The molecule has 0 aliphatic carbocycles. The van der Waals surface area contributed by atoms with Gasteiger partial charge in [-0.1, -0.05) is 125 Å². The van der Waals surface area contributed by atoms with Gasteiger partial charge in [0, 0.05) is 52.0 Å². The molecule has 40 heavy (non-hydrogen) atoms. The van der Waals surface area contributed by atoms with Crippen LogP contribution in [0.5, 0.6) is 0 Å². The third-order valence-electron chi connectivity index (χ3n) is 7.34. The standard InChI is InChI=1S/3C11H24O2.Y/c3*1-10(2,3)8(12)7-9(13)11(4,5)6;/h3*8-9,12-13H,7H2,1-6H3;. The number of rotatable bonds is 6. The molecule has 6 atom stereocenters. The summed E-state index contributed by atoms with van der Waals surface area (Å²) in [5, 5.41) is 58.6. The molecule has 0 fully saturated rings. The van der Waals surface area contributed by atoms with E-state index in [2.05, 4.69) is 0 Å². The van der Waals surface area contributed by atoms with E-state index in [4.69, 9.17) is 0 Å². The first-order valence-corrected chi connectivity index (χ1v) is 14.7. The average molecular weight is 654 g/mol. The van der Waals surface area contributed by atoms with Crippen LogP contribution in [0.3, 0.4) is 0 Å². The summed E-state index contributed by atoms with van der Waals surface area (Å²) in [5.74, 6) is 0. The van der Waals surface area contributed by atoms with Crippen molar-refractivity contribution < 1.29 is 63.3 Å². The quantitative estimate of drug-likeness (QED) is 0.193. The summed E-state index contributed by atoms with van der Waals surface area (Å²) < 4.78 is 0. The molecule has 0 aromatic heterocycles. The molecule has 0 aliphatic rings. The molecule has 7 heteroatoms. The molecular formula is C33H72O6Y. The van der Waals surface area contributed by atoms with Crippen LogP contribution >= 0.6 is 0 Å². The Balaban J connectivity index is -0.000000240. The largest absolute Gasteiger partial charge is 0.392 e. The van der Waals surface area contributed by atoms with Crippen molar-refractivity contribution in [2.45, 2.75) is 181 Å². The fourth-order valence-electron chi connectivity index (χ4n) is 2.76. The van der Waals surface area contributed by atoms with Crippen LogP contribution in [0.2, 0.25) is 0 Å². The number of hydrogen-bond acceptors (Lipinski definition) is 6. The molecule has 0 saturated carbocycles. The van der Waals surface area contributed by atoms with E-state index < -0.39 is 36.6 Å². The summed E-state index contributed by atoms with van der Waals surface area (Å²) in [4.78, 5) is 0. The molecule has 0 aromatic rings. The van der Waals surface area contributed by atoms with Crippen LogP contribution < -0.4 is 0 Å². The van der Waals surface area contributed by atoms with Crippen molar-refractivity contribution in [2.24, 2.45) is 32.5 Å². The van der Waals surface area contributed by atoms with Gasteiger partial charge in [0.15, 0.2) is 0 Å². The van der Waals surface area contributed by atoms with E-state index in [1.165, 1.54) is 0 Å². The van der Waals surface area contributed by atoms with Crippen LogP contribution in [0.1, 0.15) is 144 Å². The monoisotopic (exact) mass is 653 g/mol. The van der Waals surface area contributed by atoms with Gasteiger partial charge in [0.25, 0.3) is 0 Å². The third kappa shape index (κ3) is 23.3. The molecule has 6 N–H and O–H groups in total. The minimum Gasteiger partial charge on any atom is -0.392 e. The predicted octanol–water partition coefficient (Wildman–Crippen LogP) is 6.57. The van der Waals surface area contributed by atoms with Crippen molar-refractivity contribution in [3.63, 3.8) is 0 Å². The number of aliphatic hydroxyl groups is 6. The molecule has 0 aliphatic heterocycles. The molecule has 0 amide bonds. The van der Waals surface area contributed by atoms with Crippen LogP contribution in [-0.4, -0.2) is 67.3 Å². The fraction of sp³-hybridized carbons (Fsp3) is 1.00. The molecule has 6 unspecified atom stereocenters. The molecule has 0 bridgehead atoms. The van der Waals surface area contributed by atoms with Gasteiger partial charge in [-0.15, -0.1) is 0 Å². The second-order valence-corrected chi connectivity index (χ2v) is 18.0. The van der Waals surface area contributed by atoms with Gasteiger partial charge in [-0.3, -0.25) is 0 Å². The van der Waals surface area contributed by atoms with E-state index in [1.807, 2.05) is 125 Å². The Morgan fingerprint density at radius 3 is 0.400 bits per heavy atom. The summed E-state index contributed by atoms with van der Waals surface area (Å²) in [7, 11) is 0. The minimum atomic E-state index is -0.443. The second-order valence-electron chi connectivity index (χ2n) is 18.0. The van der Waals surface area contributed by atoms with Gasteiger partial charge in [0.1, 0.15) is 0 Å². The van der Waals surface area contributed by atoms with Crippen LogP contribution in [0.4, 0.5) is 0 Å². The summed E-state index contributed by atoms with van der Waals surface area (Å²) in [6.45, 7) is 35.6. The van der Waals surface area contributed by atoms with Crippen LogP contribution in [0, 0.1) is 32.5 Å². The van der Waals surface area contributed by atoms with Gasteiger partial charge < -0.3 is 30.6 Å². The summed E-state index contributed by atoms with van der Waals surface area (Å²) in [6.07, 6.45) is -1.30. The molecule has 6 nitrogen and oxygen atoms in total. The smallest absolute Gasteiger partial charge is 0.0613 e. The Morgan fingerprint density at radius 2 is 0.350 bits per heavy atom. The second kappa shape index (κ2) is 18.0. The number of hydrogen-bond donors (Lipinski definition) is 6. The summed E-state index contributed by atoms with van der Waals surface area (Å²) in [6, 6.07) is 0. The van der Waals surface area contributed by atoms with Gasteiger partial charge in [-0.25, -0.2) is 0 Å². The SMILES string of the molecule is CC(C)(C)C(O)CC(O)C(C)(C)C.CC(C)(C)C(O)CC(O)C(C)(C)C.CC(C)(C)C(O)CC(O)C(C)(C)C.[Y]. The first-order valence-electron chi connectivity index (χ1n) is 14.7.